The molecule has 1 aliphatic rings. The Labute approximate surface area is 234 Å². The summed E-state index contributed by atoms with van der Waals surface area (Å²) in [6.07, 6.45) is 1.90. The number of thioether (sulfide) groups is 1. The van der Waals surface area contributed by atoms with Gasteiger partial charge in [0.2, 0.25) is 11.8 Å². The molecule has 3 aromatic rings. The fourth-order valence-electron chi connectivity index (χ4n) is 4.60. The summed E-state index contributed by atoms with van der Waals surface area (Å²) in [6, 6.07) is 20.4. The van der Waals surface area contributed by atoms with Gasteiger partial charge in [-0.3, -0.25) is 14.2 Å². The molecule has 38 heavy (non-hydrogen) atoms. The number of halogens is 1. The molecule has 2 amide bonds. The lowest BCUT2D eigenvalue weighted by Crippen LogP contribution is -2.58. The molecule has 9 heteroatoms. The van der Waals surface area contributed by atoms with E-state index in [1.165, 1.54) is 5.56 Å². The van der Waals surface area contributed by atoms with Gasteiger partial charge in [-0.25, -0.2) is 0 Å². The van der Waals surface area contributed by atoms with Gasteiger partial charge in [-0.15, -0.1) is 21.8 Å². The number of carbonyl (C=O) groups excluding carboxylic acids is 2. The van der Waals surface area contributed by atoms with Crippen molar-refractivity contribution >= 4 is 35.2 Å². The first-order valence-electron chi connectivity index (χ1n) is 13.1. The van der Waals surface area contributed by atoms with Crippen LogP contribution in [0.3, 0.4) is 0 Å². The number of piperazine rings is 1. The smallest absolute Gasteiger partial charge is 0.229 e. The Morgan fingerprint density at radius 2 is 1.71 bits per heavy atom. The molecule has 202 valence electrons. The van der Waals surface area contributed by atoms with E-state index in [1.54, 1.807) is 11.8 Å². The minimum atomic E-state index is -0.597. The first-order valence-corrected chi connectivity index (χ1v) is 14.6. The van der Waals surface area contributed by atoms with Crippen LogP contribution in [0, 0.1) is 5.41 Å². The third-order valence-electron chi connectivity index (χ3n) is 6.84. The van der Waals surface area contributed by atoms with Gasteiger partial charge in [0.1, 0.15) is 5.82 Å². The Balaban J connectivity index is 1.32. The normalized spacial score (nSPS) is 16.1. The SMILES string of the molecule is CC1CN(C(=O)CCCSc2nnc(Cc3ccccc3)n2-c2ccccc2)CCN1C(=O)C(C)(C)CCl. The first-order chi connectivity index (χ1) is 18.3. The number of alkyl halides is 1. The molecule has 1 atom stereocenters. The Hall–Kier alpha value is -2.84. The number of rotatable bonds is 10. The van der Waals surface area contributed by atoms with Gasteiger partial charge in [0.05, 0.1) is 5.41 Å². The fourth-order valence-corrected chi connectivity index (χ4v) is 5.62. The summed E-state index contributed by atoms with van der Waals surface area (Å²) in [4.78, 5) is 29.5. The summed E-state index contributed by atoms with van der Waals surface area (Å²) in [5, 5.41) is 9.83. The van der Waals surface area contributed by atoms with Gasteiger partial charge in [-0.2, -0.15) is 0 Å². The number of amides is 2. The van der Waals surface area contributed by atoms with E-state index in [-0.39, 0.29) is 23.7 Å². The summed E-state index contributed by atoms with van der Waals surface area (Å²) >= 11 is 7.63. The van der Waals surface area contributed by atoms with E-state index in [9.17, 15) is 9.59 Å². The van der Waals surface area contributed by atoms with Crippen molar-refractivity contribution in [1.82, 2.24) is 24.6 Å². The maximum Gasteiger partial charge on any atom is 0.229 e. The van der Waals surface area contributed by atoms with Crippen LogP contribution < -0.4 is 0 Å². The molecule has 0 radical (unpaired) electrons. The lowest BCUT2D eigenvalue weighted by atomic mass is 9.93. The molecule has 0 N–H and O–H groups in total. The maximum atomic E-state index is 12.9. The van der Waals surface area contributed by atoms with E-state index in [2.05, 4.69) is 39.0 Å². The minimum absolute atomic E-state index is 0.0236. The van der Waals surface area contributed by atoms with Gasteiger partial charge in [-0.05, 0) is 44.9 Å². The number of nitrogens with zero attached hydrogens (tertiary/aromatic N) is 5. The van der Waals surface area contributed by atoms with Gasteiger partial charge in [0.25, 0.3) is 0 Å². The molecule has 1 aromatic heterocycles. The lowest BCUT2D eigenvalue weighted by Gasteiger charge is -2.42. The third kappa shape index (κ3) is 6.77. The Bertz CT molecular complexity index is 1220. The van der Waals surface area contributed by atoms with Crippen LogP contribution in [0.2, 0.25) is 0 Å². The van der Waals surface area contributed by atoms with Crippen LogP contribution in [0.5, 0.6) is 0 Å². The average molecular weight is 554 g/mol. The highest BCUT2D eigenvalue weighted by Gasteiger charge is 2.36. The van der Waals surface area contributed by atoms with E-state index < -0.39 is 5.41 Å². The van der Waals surface area contributed by atoms with Crippen molar-refractivity contribution in [2.45, 2.75) is 51.2 Å². The molecule has 1 saturated heterocycles. The average Bonchev–Trinajstić information content (AvgIpc) is 3.33. The van der Waals surface area contributed by atoms with E-state index >= 15 is 0 Å². The molecule has 2 aromatic carbocycles. The summed E-state index contributed by atoms with van der Waals surface area (Å²) in [5.41, 5.74) is 1.61. The van der Waals surface area contributed by atoms with Crippen LogP contribution in [0.25, 0.3) is 5.69 Å². The summed E-state index contributed by atoms with van der Waals surface area (Å²) in [6.45, 7) is 7.40. The van der Waals surface area contributed by atoms with Crippen molar-refractivity contribution in [3.63, 3.8) is 0 Å². The highest BCUT2D eigenvalue weighted by Crippen LogP contribution is 2.26. The Morgan fingerprint density at radius 3 is 2.37 bits per heavy atom. The highest BCUT2D eigenvalue weighted by atomic mass is 35.5. The summed E-state index contributed by atoms with van der Waals surface area (Å²) < 4.78 is 2.11. The molecule has 1 unspecified atom stereocenters. The van der Waals surface area contributed by atoms with E-state index in [1.807, 2.05) is 67.0 Å². The summed E-state index contributed by atoms with van der Waals surface area (Å²) in [7, 11) is 0. The van der Waals surface area contributed by atoms with Crippen LogP contribution in [-0.2, 0) is 16.0 Å². The number of benzene rings is 2. The molecule has 4 rings (SSSR count). The van der Waals surface area contributed by atoms with Crippen LogP contribution in [0.15, 0.2) is 65.8 Å². The number of para-hydroxylation sites is 1. The van der Waals surface area contributed by atoms with Crippen LogP contribution in [0.4, 0.5) is 0 Å². The van der Waals surface area contributed by atoms with Gasteiger partial charge >= 0.3 is 0 Å². The van der Waals surface area contributed by atoms with Crippen molar-refractivity contribution < 1.29 is 9.59 Å². The molecule has 0 aliphatic carbocycles. The zero-order valence-corrected chi connectivity index (χ0v) is 23.9. The standard InChI is InChI=1S/C29H36ClN5O2S/c1-22-20-33(16-17-34(22)27(37)29(2,3)21-30)26(36)15-10-18-38-28-32-31-25(19-23-11-6-4-7-12-23)35(28)24-13-8-5-9-14-24/h4-9,11-14,22H,10,15-21H2,1-3H3. The summed E-state index contributed by atoms with van der Waals surface area (Å²) in [5.74, 6) is 2.12. The van der Waals surface area contributed by atoms with Crippen LogP contribution in [0.1, 0.15) is 45.0 Å². The molecular weight excluding hydrogens is 518 g/mol. The molecule has 2 heterocycles. The second-order valence-corrected chi connectivity index (χ2v) is 11.7. The van der Waals surface area contributed by atoms with Crippen molar-refractivity contribution in [3.05, 3.63) is 72.1 Å². The number of aromatic nitrogens is 3. The predicted molar refractivity (Wildman–Crippen MR) is 153 cm³/mol. The van der Waals surface area contributed by atoms with Crippen LogP contribution in [-0.4, -0.2) is 73.7 Å². The number of carbonyl (C=O) groups is 2. The lowest BCUT2D eigenvalue weighted by molar-refractivity contribution is -0.148. The predicted octanol–water partition coefficient (Wildman–Crippen LogP) is 5.05. The number of hydrogen-bond donors (Lipinski definition) is 0. The van der Waals surface area contributed by atoms with Gasteiger partial charge in [-0.1, -0.05) is 60.3 Å². The monoisotopic (exact) mass is 553 g/mol. The second kappa shape index (κ2) is 12.8. The molecule has 0 saturated carbocycles. The van der Waals surface area contributed by atoms with E-state index in [0.29, 0.717) is 32.5 Å². The van der Waals surface area contributed by atoms with Crippen molar-refractivity contribution in [3.8, 4) is 5.69 Å². The van der Waals surface area contributed by atoms with E-state index in [0.717, 1.165) is 28.8 Å². The van der Waals surface area contributed by atoms with Crippen molar-refractivity contribution in [2.24, 2.45) is 5.41 Å². The van der Waals surface area contributed by atoms with Crippen molar-refractivity contribution in [2.75, 3.05) is 31.3 Å². The zero-order valence-electron chi connectivity index (χ0n) is 22.3. The molecule has 0 bridgehead atoms. The quantitative estimate of drug-likeness (QED) is 0.199. The second-order valence-electron chi connectivity index (χ2n) is 10.4. The van der Waals surface area contributed by atoms with E-state index in [4.69, 9.17) is 11.6 Å². The largest absolute Gasteiger partial charge is 0.339 e. The molecule has 0 spiro atoms. The molecule has 1 fully saturated rings. The van der Waals surface area contributed by atoms with Crippen LogP contribution >= 0.6 is 23.4 Å². The zero-order chi connectivity index (χ0) is 27.1. The highest BCUT2D eigenvalue weighted by molar-refractivity contribution is 7.99. The molecule has 1 aliphatic heterocycles. The molecular formula is C29H36ClN5O2S. The third-order valence-corrected chi connectivity index (χ3v) is 8.52. The minimum Gasteiger partial charge on any atom is -0.339 e. The van der Waals surface area contributed by atoms with Crippen molar-refractivity contribution in [1.29, 1.82) is 0 Å². The Kier molecular flexibility index (Phi) is 9.49. The number of hydrogen-bond acceptors (Lipinski definition) is 5. The molecule has 7 nitrogen and oxygen atoms in total. The maximum absolute atomic E-state index is 12.9. The first kappa shape index (κ1) is 28.2. The fraction of sp³-hybridized carbons (Fsp3) is 0.448. The Morgan fingerprint density at radius 1 is 1.03 bits per heavy atom. The topological polar surface area (TPSA) is 71.3 Å². The van der Waals surface area contributed by atoms with Gasteiger partial charge < -0.3 is 9.80 Å². The van der Waals surface area contributed by atoms with Gasteiger partial charge in [0, 0.05) is 55.8 Å². The van der Waals surface area contributed by atoms with Gasteiger partial charge in [0.15, 0.2) is 5.16 Å².